The standard InChI is InChI=1S/C19H14Cl2N2O/c20-17-12-11-16(13-18(17)21)23(15-9-5-2-6-10-15)19(24)22-14-7-3-1-4-8-14/h1-13H,(H,22,24). The van der Waals surface area contributed by atoms with Crippen molar-refractivity contribution in [3.8, 4) is 0 Å². The highest BCUT2D eigenvalue weighted by Crippen LogP contribution is 2.32. The normalized spacial score (nSPS) is 10.2. The number of hydrogen-bond acceptors (Lipinski definition) is 1. The SMILES string of the molecule is O=C(Nc1ccccc1)N(c1ccccc1)c1ccc(Cl)c(Cl)c1. The molecule has 2 amide bonds. The summed E-state index contributed by atoms with van der Waals surface area (Å²) in [7, 11) is 0. The van der Waals surface area contributed by atoms with Gasteiger partial charge in [0.05, 0.1) is 21.4 Å². The quantitative estimate of drug-likeness (QED) is 0.581. The van der Waals surface area contributed by atoms with E-state index < -0.39 is 0 Å². The van der Waals surface area contributed by atoms with Crippen LogP contribution in [0.15, 0.2) is 78.9 Å². The van der Waals surface area contributed by atoms with Gasteiger partial charge in [-0.3, -0.25) is 4.90 Å². The first-order chi connectivity index (χ1) is 11.6. The van der Waals surface area contributed by atoms with E-state index in [0.717, 1.165) is 5.69 Å². The van der Waals surface area contributed by atoms with Crippen molar-refractivity contribution in [1.29, 1.82) is 0 Å². The van der Waals surface area contributed by atoms with Crippen LogP contribution < -0.4 is 10.2 Å². The number of halogens is 2. The predicted molar refractivity (Wildman–Crippen MR) is 101 cm³/mol. The van der Waals surface area contributed by atoms with Gasteiger partial charge in [0.1, 0.15) is 0 Å². The van der Waals surface area contributed by atoms with Gasteiger partial charge in [0.25, 0.3) is 0 Å². The Labute approximate surface area is 150 Å². The number of para-hydroxylation sites is 2. The van der Waals surface area contributed by atoms with E-state index in [9.17, 15) is 4.79 Å². The van der Waals surface area contributed by atoms with E-state index in [1.165, 1.54) is 0 Å². The third-order valence-corrected chi connectivity index (χ3v) is 4.14. The molecule has 1 N–H and O–H groups in total. The van der Waals surface area contributed by atoms with Gasteiger partial charge in [0.2, 0.25) is 0 Å². The molecule has 0 aliphatic heterocycles. The fourth-order valence-corrected chi connectivity index (χ4v) is 2.58. The summed E-state index contributed by atoms with van der Waals surface area (Å²) >= 11 is 12.1. The number of nitrogens with one attached hydrogen (secondary N) is 1. The molecule has 0 radical (unpaired) electrons. The van der Waals surface area contributed by atoms with Gasteiger partial charge in [-0.25, -0.2) is 4.79 Å². The summed E-state index contributed by atoms with van der Waals surface area (Å²) in [5.41, 5.74) is 2.07. The molecule has 5 heteroatoms. The number of hydrogen-bond donors (Lipinski definition) is 1. The molecule has 0 heterocycles. The fraction of sp³-hybridized carbons (Fsp3) is 0. The minimum absolute atomic E-state index is 0.286. The van der Waals surface area contributed by atoms with Crippen LogP contribution in [0.3, 0.4) is 0 Å². The second-order valence-corrected chi connectivity index (χ2v) is 5.88. The zero-order valence-corrected chi connectivity index (χ0v) is 14.1. The van der Waals surface area contributed by atoms with E-state index in [1.54, 1.807) is 23.1 Å². The summed E-state index contributed by atoms with van der Waals surface area (Å²) < 4.78 is 0. The first-order valence-corrected chi connectivity index (χ1v) is 8.07. The molecular formula is C19H14Cl2N2O. The lowest BCUT2D eigenvalue weighted by atomic mass is 10.2. The van der Waals surface area contributed by atoms with Crippen LogP contribution in [0, 0.1) is 0 Å². The van der Waals surface area contributed by atoms with Crippen LogP contribution in [0.4, 0.5) is 21.9 Å². The highest BCUT2D eigenvalue weighted by atomic mass is 35.5. The highest BCUT2D eigenvalue weighted by molar-refractivity contribution is 6.42. The summed E-state index contributed by atoms with van der Waals surface area (Å²) in [5.74, 6) is 0. The number of carbonyl (C=O) groups excluding carboxylic acids is 1. The van der Waals surface area contributed by atoms with E-state index in [-0.39, 0.29) is 6.03 Å². The van der Waals surface area contributed by atoms with Crippen LogP contribution in [0.2, 0.25) is 10.0 Å². The fourth-order valence-electron chi connectivity index (χ4n) is 2.29. The molecule has 3 rings (SSSR count). The van der Waals surface area contributed by atoms with Gasteiger partial charge >= 0.3 is 6.03 Å². The highest BCUT2D eigenvalue weighted by Gasteiger charge is 2.19. The van der Waals surface area contributed by atoms with Crippen molar-refractivity contribution >= 4 is 46.3 Å². The van der Waals surface area contributed by atoms with Crippen LogP contribution in [-0.4, -0.2) is 6.03 Å². The number of nitrogens with zero attached hydrogens (tertiary/aromatic N) is 1. The molecular weight excluding hydrogens is 343 g/mol. The zero-order valence-electron chi connectivity index (χ0n) is 12.6. The first kappa shape index (κ1) is 16.4. The van der Waals surface area contributed by atoms with Crippen molar-refractivity contribution in [3.63, 3.8) is 0 Å². The second-order valence-electron chi connectivity index (χ2n) is 5.07. The maximum Gasteiger partial charge on any atom is 0.330 e. The summed E-state index contributed by atoms with van der Waals surface area (Å²) in [6.07, 6.45) is 0. The number of anilines is 3. The number of benzene rings is 3. The third kappa shape index (κ3) is 3.70. The van der Waals surface area contributed by atoms with Crippen LogP contribution in [0.1, 0.15) is 0 Å². The largest absolute Gasteiger partial charge is 0.330 e. The van der Waals surface area contributed by atoms with E-state index in [0.29, 0.717) is 21.4 Å². The van der Waals surface area contributed by atoms with Crippen LogP contribution in [-0.2, 0) is 0 Å². The average Bonchev–Trinajstić information content (AvgIpc) is 2.60. The molecule has 0 saturated carbocycles. The Morgan fingerprint density at radius 3 is 2.00 bits per heavy atom. The molecule has 0 atom stereocenters. The zero-order chi connectivity index (χ0) is 16.9. The lowest BCUT2D eigenvalue weighted by Gasteiger charge is -2.23. The Balaban J connectivity index is 1.99. The lowest BCUT2D eigenvalue weighted by Crippen LogP contribution is -2.30. The van der Waals surface area contributed by atoms with Gasteiger partial charge in [0, 0.05) is 5.69 Å². The summed E-state index contributed by atoms with van der Waals surface area (Å²) in [5, 5.41) is 3.72. The maximum atomic E-state index is 12.8. The lowest BCUT2D eigenvalue weighted by molar-refractivity contribution is 0.259. The van der Waals surface area contributed by atoms with Crippen LogP contribution >= 0.6 is 23.2 Å². The van der Waals surface area contributed by atoms with Crippen LogP contribution in [0.25, 0.3) is 0 Å². The van der Waals surface area contributed by atoms with Crippen molar-refractivity contribution in [2.45, 2.75) is 0 Å². The van der Waals surface area contributed by atoms with E-state index in [4.69, 9.17) is 23.2 Å². The molecule has 0 fully saturated rings. The number of rotatable bonds is 3. The van der Waals surface area contributed by atoms with Crippen molar-refractivity contribution < 1.29 is 4.79 Å². The Bertz CT molecular complexity index is 839. The van der Waals surface area contributed by atoms with E-state index in [2.05, 4.69) is 5.32 Å². The van der Waals surface area contributed by atoms with E-state index >= 15 is 0 Å². The van der Waals surface area contributed by atoms with Gasteiger partial charge in [0.15, 0.2) is 0 Å². The molecule has 0 saturated heterocycles. The summed E-state index contributed by atoms with van der Waals surface area (Å²) in [6, 6.07) is 23.4. The third-order valence-electron chi connectivity index (χ3n) is 3.40. The molecule has 24 heavy (non-hydrogen) atoms. The second kappa shape index (κ2) is 7.39. The Kier molecular flexibility index (Phi) is 5.04. The Morgan fingerprint density at radius 1 is 0.750 bits per heavy atom. The maximum absolute atomic E-state index is 12.8. The molecule has 120 valence electrons. The number of carbonyl (C=O) groups is 1. The molecule has 0 unspecified atom stereocenters. The van der Waals surface area contributed by atoms with Crippen LogP contribution in [0.5, 0.6) is 0 Å². The molecule has 0 spiro atoms. The monoisotopic (exact) mass is 356 g/mol. The summed E-state index contributed by atoms with van der Waals surface area (Å²) in [6.45, 7) is 0. The molecule has 0 aromatic heterocycles. The Morgan fingerprint density at radius 2 is 1.38 bits per heavy atom. The molecule has 0 bridgehead atoms. The van der Waals surface area contributed by atoms with Gasteiger partial charge in [-0.1, -0.05) is 59.6 Å². The molecule has 3 aromatic carbocycles. The van der Waals surface area contributed by atoms with Gasteiger partial charge in [-0.15, -0.1) is 0 Å². The smallest absolute Gasteiger partial charge is 0.307 e. The number of urea groups is 1. The van der Waals surface area contributed by atoms with Gasteiger partial charge < -0.3 is 5.32 Å². The van der Waals surface area contributed by atoms with Crippen molar-refractivity contribution in [2.75, 3.05) is 10.2 Å². The number of amides is 2. The van der Waals surface area contributed by atoms with Crippen molar-refractivity contribution in [1.82, 2.24) is 0 Å². The molecule has 3 aromatic rings. The van der Waals surface area contributed by atoms with Crippen molar-refractivity contribution in [3.05, 3.63) is 88.9 Å². The molecule has 0 aliphatic rings. The minimum Gasteiger partial charge on any atom is -0.307 e. The van der Waals surface area contributed by atoms with Gasteiger partial charge in [-0.05, 0) is 42.5 Å². The average molecular weight is 357 g/mol. The Hall–Kier alpha value is -2.49. The predicted octanol–water partition coefficient (Wildman–Crippen LogP) is 6.36. The minimum atomic E-state index is -0.286. The van der Waals surface area contributed by atoms with Crippen molar-refractivity contribution in [2.24, 2.45) is 0 Å². The van der Waals surface area contributed by atoms with E-state index in [1.807, 2.05) is 60.7 Å². The molecule has 3 nitrogen and oxygen atoms in total. The summed E-state index contributed by atoms with van der Waals surface area (Å²) in [4.78, 5) is 14.4. The topological polar surface area (TPSA) is 32.3 Å². The van der Waals surface area contributed by atoms with Gasteiger partial charge in [-0.2, -0.15) is 0 Å². The first-order valence-electron chi connectivity index (χ1n) is 7.31. The molecule has 0 aliphatic carbocycles.